The number of benzene rings is 1. The summed E-state index contributed by atoms with van der Waals surface area (Å²) in [5.74, 6) is 1.90. The number of amides is 1. The Kier molecular flexibility index (Phi) is 6.24. The second kappa shape index (κ2) is 8.60. The van der Waals surface area contributed by atoms with E-state index in [1.165, 1.54) is 36.1 Å². The molecule has 1 amide bonds. The molecule has 1 N–H and O–H groups in total. The van der Waals surface area contributed by atoms with Crippen molar-refractivity contribution in [3.05, 3.63) is 29.3 Å². The number of rotatable bonds is 5. The highest BCUT2D eigenvalue weighted by atomic mass is 35.5. The van der Waals surface area contributed by atoms with Gasteiger partial charge in [-0.25, -0.2) is 8.42 Å². The number of nitrogens with zero attached hydrogens (tertiary/aromatic N) is 2. The average molecular weight is 452 g/mol. The van der Waals surface area contributed by atoms with Gasteiger partial charge in [0.15, 0.2) is 0 Å². The smallest absolute Gasteiger partial charge is 0.253 e. The Bertz CT molecular complexity index is 931. The minimum absolute atomic E-state index is 0.0621. The molecule has 0 aromatic heterocycles. The molecule has 1 aliphatic carbocycles. The maximum atomic E-state index is 13.0. The highest BCUT2D eigenvalue weighted by molar-refractivity contribution is 7.89. The van der Waals surface area contributed by atoms with Crippen LogP contribution in [0.15, 0.2) is 34.2 Å². The maximum absolute atomic E-state index is 13.0. The van der Waals surface area contributed by atoms with Crippen molar-refractivity contribution in [2.45, 2.75) is 68.7 Å². The zero-order chi connectivity index (χ0) is 21.4. The van der Waals surface area contributed by atoms with Crippen molar-refractivity contribution in [1.82, 2.24) is 9.62 Å². The first-order valence-electron chi connectivity index (χ1n) is 11.0. The second-order valence-electron chi connectivity index (χ2n) is 8.85. The Labute approximate surface area is 184 Å². The van der Waals surface area contributed by atoms with Crippen LogP contribution in [0.1, 0.15) is 58.3 Å². The van der Waals surface area contributed by atoms with Gasteiger partial charge in [0, 0.05) is 24.0 Å². The third-order valence-electron chi connectivity index (χ3n) is 6.91. The van der Waals surface area contributed by atoms with Crippen LogP contribution in [0.3, 0.4) is 0 Å². The lowest BCUT2D eigenvalue weighted by Crippen LogP contribution is -2.50. The lowest BCUT2D eigenvalue weighted by Gasteiger charge is -2.34. The molecule has 2 heterocycles. The number of piperidine rings is 1. The average Bonchev–Trinajstić information content (AvgIpc) is 3.05. The van der Waals surface area contributed by atoms with Gasteiger partial charge in [0.1, 0.15) is 11.4 Å². The van der Waals surface area contributed by atoms with Gasteiger partial charge >= 0.3 is 0 Å². The number of amidine groups is 1. The van der Waals surface area contributed by atoms with E-state index < -0.39 is 15.6 Å². The number of aliphatic imine (C=N–C) groups is 1. The van der Waals surface area contributed by atoms with Gasteiger partial charge in [-0.15, -0.1) is 0 Å². The molecule has 1 saturated carbocycles. The Morgan fingerprint density at radius 1 is 1.20 bits per heavy atom. The molecule has 4 rings (SSSR count). The third kappa shape index (κ3) is 4.16. The lowest BCUT2D eigenvalue weighted by atomic mass is 9.79. The molecule has 3 aliphatic rings. The number of hydrogen-bond donors (Lipinski definition) is 1. The number of hydrogen-bond acceptors (Lipinski definition) is 4. The summed E-state index contributed by atoms with van der Waals surface area (Å²) in [6.07, 6.45) is 7.89. The Morgan fingerprint density at radius 3 is 2.53 bits per heavy atom. The molecule has 0 radical (unpaired) electrons. The maximum Gasteiger partial charge on any atom is 0.253 e. The van der Waals surface area contributed by atoms with Gasteiger partial charge < -0.3 is 5.32 Å². The monoisotopic (exact) mass is 451 g/mol. The molecule has 1 spiro atoms. The van der Waals surface area contributed by atoms with Crippen molar-refractivity contribution in [2.24, 2.45) is 16.8 Å². The molecule has 6 nitrogen and oxygen atoms in total. The predicted molar refractivity (Wildman–Crippen MR) is 118 cm³/mol. The standard InChI is InChI=1S/C22H30ClN3O3S/c1-2-4-16-7-9-17(10-8-16)20-24-21(27)22(25-20)11-13-26(14-12-22)30(28,29)19-6-3-5-18(23)15-19/h3,5-6,15-17H,2,4,7-14H2,1H3,(H,24,25,27)/t16-,17-. The van der Waals surface area contributed by atoms with Gasteiger partial charge in [-0.05, 0) is 62.6 Å². The highest BCUT2D eigenvalue weighted by Crippen LogP contribution is 2.37. The molecule has 164 valence electrons. The minimum atomic E-state index is -3.63. The molecule has 0 atom stereocenters. The largest absolute Gasteiger partial charge is 0.312 e. The summed E-state index contributed by atoms with van der Waals surface area (Å²) in [6, 6.07) is 6.31. The summed E-state index contributed by atoms with van der Waals surface area (Å²) >= 11 is 5.97. The van der Waals surface area contributed by atoms with Crippen molar-refractivity contribution in [3.8, 4) is 0 Å². The predicted octanol–water partition coefficient (Wildman–Crippen LogP) is 4.00. The molecule has 0 bridgehead atoms. The van der Waals surface area contributed by atoms with Gasteiger partial charge in [0.2, 0.25) is 10.0 Å². The zero-order valence-electron chi connectivity index (χ0n) is 17.4. The van der Waals surface area contributed by atoms with E-state index in [-0.39, 0.29) is 23.9 Å². The van der Waals surface area contributed by atoms with Crippen molar-refractivity contribution in [1.29, 1.82) is 0 Å². The fraction of sp³-hybridized carbons (Fsp3) is 0.636. The van der Waals surface area contributed by atoms with Crippen LogP contribution in [-0.2, 0) is 14.8 Å². The second-order valence-corrected chi connectivity index (χ2v) is 11.2. The SMILES string of the molecule is CCC[C@H]1CC[C@H](C2=NC3(CCN(S(=O)(=O)c4cccc(Cl)c4)CC3)C(=O)N2)CC1. The third-order valence-corrected chi connectivity index (χ3v) is 9.04. The van der Waals surface area contributed by atoms with E-state index in [1.54, 1.807) is 18.2 Å². The van der Waals surface area contributed by atoms with E-state index in [1.807, 2.05) is 0 Å². The summed E-state index contributed by atoms with van der Waals surface area (Å²) in [5.41, 5.74) is -0.810. The van der Waals surface area contributed by atoms with E-state index in [4.69, 9.17) is 16.6 Å². The van der Waals surface area contributed by atoms with Crippen LogP contribution in [0.25, 0.3) is 0 Å². The van der Waals surface area contributed by atoms with E-state index >= 15 is 0 Å². The number of sulfonamides is 1. The minimum Gasteiger partial charge on any atom is -0.312 e. The van der Waals surface area contributed by atoms with Crippen molar-refractivity contribution in [3.63, 3.8) is 0 Å². The summed E-state index contributed by atoms with van der Waals surface area (Å²) < 4.78 is 27.3. The molecular weight excluding hydrogens is 422 g/mol. The molecule has 2 fully saturated rings. The molecule has 1 aromatic rings. The normalized spacial score (nSPS) is 27.1. The van der Waals surface area contributed by atoms with Gasteiger partial charge in [0.25, 0.3) is 5.91 Å². The van der Waals surface area contributed by atoms with Crippen molar-refractivity contribution >= 4 is 33.4 Å². The number of halogens is 1. The molecule has 30 heavy (non-hydrogen) atoms. The molecule has 0 unspecified atom stereocenters. The summed E-state index contributed by atoms with van der Waals surface area (Å²) in [5, 5.41) is 3.44. The summed E-state index contributed by atoms with van der Waals surface area (Å²) in [6.45, 7) is 2.79. The van der Waals surface area contributed by atoms with Crippen LogP contribution in [0, 0.1) is 11.8 Å². The van der Waals surface area contributed by atoms with Crippen LogP contribution in [0.4, 0.5) is 0 Å². The fourth-order valence-corrected chi connectivity index (χ4v) is 6.82. The lowest BCUT2D eigenvalue weighted by molar-refractivity contribution is -0.125. The fourth-order valence-electron chi connectivity index (χ4n) is 5.08. The van der Waals surface area contributed by atoms with Crippen LogP contribution >= 0.6 is 11.6 Å². The van der Waals surface area contributed by atoms with Crippen LogP contribution in [0.5, 0.6) is 0 Å². The van der Waals surface area contributed by atoms with Crippen molar-refractivity contribution in [2.75, 3.05) is 13.1 Å². The van der Waals surface area contributed by atoms with E-state index in [0.29, 0.717) is 23.8 Å². The van der Waals surface area contributed by atoms with E-state index in [9.17, 15) is 13.2 Å². The Balaban J connectivity index is 1.43. The topological polar surface area (TPSA) is 78.8 Å². The first-order chi connectivity index (χ1) is 14.3. The first kappa shape index (κ1) is 21.8. The van der Waals surface area contributed by atoms with Crippen LogP contribution < -0.4 is 5.32 Å². The molecule has 1 saturated heterocycles. The zero-order valence-corrected chi connectivity index (χ0v) is 19.0. The molecule has 2 aliphatic heterocycles. The highest BCUT2D eigenvalue weighted by Gasteiger charge is 2.48. The van der Waals surface area contributed by atoms with Gasteiger partial charge in [-0.2, -0.15) is 4.31 Å². The first-order valence-corrected chi connectivity index (χ1v) is 12.8. The van der Waals surface area contributed by atoms with Crippen LogP contribution in [-0.4, -0.2) is 43.1 Å². The molecular formula is C22H30ClN3O3S. The van der Waals surface area contributed by atoms with Gasteiger partial charge in [-0.3, -0.25) is 9.79 Å². The number of nitrogens with one attached hydrogen (secondary N) is 1. The quantitative estimate of drug-likeness (QED) is 0.734. The van der Waals surface area contributed by atoms with Crippen LogP contribution in [0.2, 0.25) is 5.02 Å². The molecule has 1 aromatic carbocycles. The van der Waals surface area contributed by atoms with E-state index in [2.05, 4.69) is 12.2 Å². The number of carbonyl (C=O) groups excluding carboxylic acids is 1. The van der Waals surface area contributed by atoms with Crippen molar-refractivity contribution < 1.29 is 13.2 Å². The molecule has 8 heteroatoms. The summed E-state index contributed by atoms with van der Waals surface area (Å²) in [7, 11) is -3.63. The van der Waals surface area contributed by atoms with Gasteiger partial charge in [-0.1, -0.05) is 37.4 Å². The van der Waals surface area contributed by atoms with E-state index in [0.717, 1.165) is 24.6 Å². The summed E-state index contributed by atoms with van der Waals surface area (Å²) in [4.78, 5) is 17.9. The van der Waals surface area contributed by atoms with Gasteiger partial charge in [0.05, 0.1) is 4.90 Å². The Morgan fingerprint density at radius 2 is 1.90 bits per heavy atom. The number of carbonyl (C=O) groups is 1. The Hall–Kier alpha value is -1.44.